The zero-order valence-electron chi connectivity index (χ0n) is 14.1. The van der Waals surface area contributed by atoms with Crippen molar-refractivity contribution >= 4 is 12.1 Å². The Morgan fingerprint density at radius 1 is 1.22 bits per heavy atom. The van der Waals surface area contributed by atoms with Crippen molar-refractivity contribution in [3.8, 4) is 0 Å². The van der Waals surface area contributed by atoms with Crippen LogP contribution in [0.2, 0.25) is 0 Å². The number of hydrogen-bond acceptors (Lipinski definition) is 4. The number of hydrogen-bond donors (Lipinski definition) is 0. The van der Waals surface area contributed by atoms with Crippen LogP contribution in [0, 0.1) is 0 Å². The van der Waals surface area contributed by atoms with Crippen molar-refractivity contribution in [2.45, 2.75) is 58.3 Å². The van der Waals surface area contributed by atoms with E-state index in [1.165, 1.54) is 0 Å². The quantitative estimate of drug-likeness (QED) is 0.797. The van der Waals surface area contributed by atoms with Gasteiger partial charge in [-0.1, -0.05) is 30.3 Å². The molecule has 0 N–H and O–H groups in total. The molecule has 1 aliphatic rings. The van der Waals surface area contributed by atoms with E-state index in [1.54, 1.807) is 4.90 Å². The minimum Gasteiger partial charge on any atom is -0.461 e. The normalized spacial score (nSPS) is 17.9. The zero-order chi connectivity index (χ0) is 16.9. The second-order valence-electron chi connectivity index (χ2n) is 6.82. The number of benzene rings is 1. The highest BCUT2D eigenvalue weighted by molar-refractivity contribution is 5.73. The number of carbonyl (C=O) groups is 2. The Bertz CT molecular complexity index is 536. The van der Waals surface area contributed by atoms with Crippen LogP contribution in [0.25, 0.3) is 0 Å². The molecule has 0 saturated carbocycles. The first-order valence-electron chi connectivity index (χ1n) is 8.04. The maximum Gasteiger partial charge on any atom is 0.410 e. The highest BCUT2D eigenvalue weighted by atomic mass is 16.6. The van der Waals surface area contributed by atoms with Gasteiger partial charge in [0.2, 0.25) is 0 Å². The van der Waals surface area contributed by atoms with Gasteiger partial charge >= 0.3 is 12.1 Å². The van der Waals surface area contributed by atoms with Crippen LogP contribution in [-0.2, 0) is 20.9 Å². The lowest BCUT2D eigenvalue weighted by molar-refractivity contribution is -0.146. The minimum absolute atomic E-state index is 0.131. The Balaban J connectivity index is 1.83. The lowest BCUT2D eigenvalue weighted by Gasteiger charge is -2.28. The Morgan fingerprint density at radius 2 is 1.91 bits per heavy atom. The molecule has 1 atom stereocenters. The fourth-order valence-corrected chi connectivity index (χ4v) is 2.60. The van der Waals surface area contributed by atoms with Crippen LogP contribution in [0.3, 0.4) is 0 Å². The first kappa shape index (κ1) is 17.3. The van der Waals surface area contributed by atoms with Crippen LogP contribution in [-0.4, -0.2) is 35.2 Å². The first-order chi connectivity index (χ1) is 10.8. The number of rotatable bonds is 4. The largest absolute Gasteiger partial charge is 0.461 e. The fraction of sp³-hybridized carbons (Fsp3) is 0.556. The number of amides is 1. The summed E-state index contributed by atoms with van der Waals surface area (Å²) in [5.41, 5.74) is 0.425. The third-order valence-corrected chi connectivity index (χ3v) is 3.65. The van der Waals surface area contributed by atoms with E-state index < -0.39 is 5.60 Å². The van der Waals surface area contributed by atoms with E-state index in [4.69, 9.17) is 9.47 Å². The molecule has 1 aromatic carbocycles. The second-order valence-corrected chi connectivity index (χ2v) is 6.82. The van der Waals surface area contributed by atoms with Crippen LogP contribution in [0.15, 0.2) is 30.3 Å². The molecule has 0 aromatic heterocycles. The van der Waals surface area contributed by atoms with Gasteiger partial charge in [-0.2, -0.15) is 0 Å². The Morgan fingerprint density at radius 3 is 2.57 bits per heavy atom. The highest BCUT2D eigenvalue weighted by Gasteiger charge is 2.33. The Kier molecular flexibility index (Phi) is 5.64. The molecule has 1 aromatic rings. The summed E-state index contributed by atoms with van der Waals surface area (Å²) >= 11 is 0. The third-order valence-electron chi connectivity index (χ3n) is 3.65. The van der Waals surface area contributed by atoms with Gasteiger partial charge in [0.25, 0.3) is 0 Å². The van der Waals surface area contributed by atoms with Gasteiger partial charge in [-0.25, -0.2) is 4.79 Å². The van der Waals surface area contributed by atoms with Crippen molar-refractivity contribution in [1.82, 2.24) is 4.90 Å². The molecule has 1 amide bonds. The molecule has 1 aliphatic heterocycles. The molecule has 0 aliphatic carbocycles. The van der Waals surface area contributed by atoms with Gasteiger partial charge in [0.15, 0.2) is 0 Å². The summed E-state index contributed by atoms with van der Waals surface area (Å²) < 4.78 is 10.7. The van der Waals surface area contributed by atoms with E-state index >= 15 is 0 Å². The molecule has 1 fully saturated rings. The second kappa shape index (κ2) is 7.49. The van der Waals surface area contributed by atoms with Crippen LogP contribution < -0.4 is 0 Å². The van der Waals surface area contributed by atoms with Crippen molar-refractivity contribution < 1.29 is 19.1 Å². The number of carbonyl (C=O) groups excluding carboxylic acids is 2. The molecule has 2 rings (SSSR count). The van der Waals surface area contributed by atoms with Gasteiger partial charge in [0, 0.05) is 12.6 Å². The standard InChI is InChI=1S/C18H25NO4/c1-18(2,3)23-17(21)19-11-7-10-15(19)12-16(20)22-13-14-8-5-4-6-9-14/h4-6,8-9,15H,7,10-13H2,1-3H3/t15-/m1/s1. The molecule has 0 unspecified atom stereocenters. The third kappa shape index (κ3) is 5.58. The van der Waals surface area contributed by atoms with Gasteiger partial charge in [0.1, 0.15) is 12.2 Å². The first-order valence-corrected chi connectivity index (χ1v) is 8.04. The van der Waals surface area contributed by atoms with Gasteiger partial charge in [0.05, 0.1) is 6.42 Å². The van der Waals surface area contributed by atoms with Crippen molar-refractivity contribution in [3.63, 3.8) is 0 Å². The molecular weight excluding hydrogens is 294 g/mol. The topological polar surface area (TPSA) is 55.8 Å². The average Bonchev–Trinajstić information content (AvgIpc) is 2.93. The van der Waals surface area contributed by atoms with Crippen molar-refractivity contribution in [2.75, 3.05) is 6.54 Å². The summed E-state index contributed by atoms with van der Waals surface area (Å²) in [5.74, 6) is -0.283. The van der Waals surface area contributed by atoms with E-state index in [1.807, 2.05) is 51.1 Å². The Labute approximate surface area is 137 Å². The summed E-state index contributed by atoms with van der Waals surface area (Å²) in [5, 5.41) is 0. The van der Waals surface area contributed by atoms with E-state index in [9.17, 15) is 9.59 Å². The fourth-order valence-electron chi connectivity index (χ4n) is 2.60. The maximum absolute atomic E-state index is 12.2. The lowest BCUT2D eigenvalue weighted by Crippen LogP contribution is -2.40. The molecule has 126 valence electrons. The molecule has 0 spiro atoms. The zero-order valence-corrected chi connectivity index (χ0v) is 14.1. The van der Waals surface area contributed by atoms with Gasteiger partial charge in [-0.05, 0) is 39.2 Å². The smallest absolute Gasteiger partial charge is 0.410 e. The van der Waals surface area contributed by atoms with Crippen molar-refractivity contribution in [1.29, 1.82) is 0 Å². The van der Waals surface area contributed by atoms with Crippen LogP contribution >= 0.6 is 0 Å². The summed E-state index contributed by atoms with van der Waals surface area (Å²) in [6, 6.07) is 9.43. The van der Waals surface area contributed by atoms with Gasteiger partial charge < -0.3 is 14.4 Å². The van der Waals surface area contributed by atoms with E-state index in [0.717, 1.165) is 18.4 Å². The minimum atomic E-state index is -0.530. The number of likely N-dealkylation sites (tertiary alicyclic amines) is 1. The van der Waals surface area contributed by atoms with Crippen molar-refractivity contribution in [3.05, 3.63) is 35.9 Å². The summed E-state index contributed by atoms with van der Waals surface area (Å²) in [6.45, 7) is 6.41. The average molecular weight is 319 g/mol. The van der Waals surface area contributed by atoms with Gasteiger partial charge in [-0.15, -0.1) is 0 Å². The summed E-state index contributed by atoms with van der Waals surface area (Å²) in [7, 11) is 0. The monoisotopic (exact) mass is 319 g/mol. The van der Waals surface area contributed by atoms with Gasteiger partial charge in [-0.3, -0.25) is 4.79 Å². The molecule has 1 heterocycles. The van der Waals surface area contributed by atoms with E-state index in [0.29, 0.717) is 6.54 Å². The molecule has 0 bridgehead atoms. The Hall–Kier alpha value is -2.04. The maximum atomic E-state index is 12.2. The predicted octanol–water partition coefficient (Wildman–Crippen LogP) is 3.52. The number of nitrogens with zero attached hydrogens (tertiary/aromatic N) is 1. The highest BCUT2D eigenvalue weighted by Crippen LogP contribution is 2.23. The van der Waals surface area contributed by atoms with Crippen LogP contribution in [0.1, 0.15) is 45.6 Å². The lowest BCUT2D eigenvalue weighted by atomic mass is 10.1. The SMILES string of the molecule is CC(C)(C)OC(=O)N1CCC[C@@H]1CC(=O)OCc1ccccc1. The molecular formula is C18H25NO4. The number of ether oxygens (including phenoxy) is 2. The molecule has 5 heteroatoms. The molecule has 5 nitrogen and oxygen atoms in total. The molecule has 1 saturated heterocycles. The van der Waals surface area contributed by atoms with E-state index in [2.05, 4.69) is 0 Å². The van der Waals surface area contributed by atoms with Crippen LogP contribution in [0.4, 0.5) is 4.79 Å². The summed E-state index contributed by atoms with van der Waals surface area (Å²) in [4.78, 5) is 25.9. The predicted molar refractivity (Wildman–Crippen MR) is 86.8 cm³/mol. The molecule has 23 heavy (non-hydrogen) atoms. The van der Waals surface area contributed by atoms with Crippen LogP contribution in [0.5, 0.6) is 0 Å². The van der Waals surface area contributed by atoms with E-state index in [-0.39, 0.29) is 31.1 Å². The molecule has 0 radical (unpaired) electrons. The summed E-state index contributed by atoms with van der Waals surface area (Å²) in [6.07, 6.45) is 1.55. The number of esters is 1. The van der Waals surface area contributed by atoms with Crippen molar-refractivity contribution in [2.24, 2.45) is 0 Å².